The van der Waals surface area contributed by atoms with E-state index < -0.39 is 11.7 Å². The number of amides is 1. The first-order valence-electron chi connectivity index (χ1n) is 9.03. The Morgan fingerprint density at radius 3 is 2.38 bits per heavy atom. The summed E-state index contributed by atoms with van der Waals surface area (Å²) in [5.74, 6) is 0.412. The maximum absolute atomic E-state index is 12.6. The molecular formula is C20H17F3N4O2. The molecule has 1 heterocycles. The molecule has 2 aromatic carbocycles. The largest absolute Gasteiger partial charge is 0.416 e. The van der Waals surface area contributed by atoms with Gasteiger partial charge < -0.3 is 15.2 Å². The van der Waals surface area contributed by atoms with Gasteiger partial charge in [-0.1, -0.05) is 17.3 Å². The van der Waals surface area contributed by atoms with Crippen molar-refractivity contribution in [3.63, 3.8) is 0 Å². The van der Waals surface area contributed by atoms with Crippen molar-refractivity contribution in [3.8, 4) is 11.4 Å². The van der Waals surface area contributed by atoms with Crippen LogP contribution in [0.5, 0.6) is 0 Å². The molecule has 2 N–H and O–H groups in total. The standard InChI is InChI=1S/C20H17F3N4O2/c21-20(22,23)14-5-1-12(2-6-14)18-26-17(29-27-18)11-24-15-7-3-13(4-8-15)19(28)25-16-9-10-16/h1-8,16,24H,9-11H2,(H,25,28). The molecule has 0 bridgehead atoms. The van der Waals surface area contributed by atoms with Crippen molar-refractivity contribution in [3.05, 3.63) is 65.5 Å². The van der Waals surface area contributed by atoms with Gasteiger partial charge in [-0.15, -0.1) is 0 Å². The lowest BCUT2D eigenvalue weighted by Gasteiger charge is -2.06. The monoisotopic (exact) mass is 402 g/mol. The Kier molecular flexibility index (Phi) is 4.96. The van der Waals surface area contributed by atoms with Crippen LogP contribution < -0.4 is 10.6 Å². The van der Waals surface area contributed by atoms with Crippen molar-refractivity contribution < 1.29 is 22.5 Å². The molecule has 0 spiro atoms. The molecule has 150 valence electrons. The van der Waals surface area contributed by atoms with Gasteiger partial charge in [0.15, 0.2) is 0 Å². The molecule has 6 nitrogen and oxygen atoms in total. The van der Waals surface area contributed by atoms with Crippen LogP contribution in [0.1, 0.15) is 34.7 Å². The molecule has 4 rings (SSSR count). The number of alkyl halides is 3. The summed E-state index contributed by atoms with van der Waals surface area (Å²) in [6.45, 7) is 0.237. The number of anilines is 1. The van der Waals surface area contributed by atoms with Gasteiger partial charge in [0.1, 0.15) is 0 Å². The molecular weight excluding hydrogens is 385 g/mol. The van der Waals surface area contributed by atoms with Gasteiger partial charge in [-0.2, -0.15) is 18.2 Å². The molecule has 1 aliphatic carbocycles. The summed E-state index contributed by atoms with van der Waals surface area (Å²) in [4.78, 5) is 16.2. The van der Waals surface area contributed by atoms with Crippen LogP contribution in [-0.2, 0) is 12.7 Å². The van der Waals surface area contributed by atoms with Crippen molar-refractivity contribution in [2.75, 3.05) is 5.32 Å². The van der Waals surface area contributed by atoms with Crippen molar-refractivity contribution >= 4 is 11.6 Å². The lowest BCUT2D eigenvalue weighted by molar-refractivity contribution is -0.137. The number of hydrogen-bond acceptors (Lipinski definition) is 5. The van der Waals surface area contributed by atoms with Crippen LogP contribution in [-0.4, -0.2) is 22.1 Å². The van der Waals surface area contributed by atoms with Crippen LogP contribution in [0.3, 0.4) is 0 Å². The highest BCUT2D eigenvalue weighted by atomic mass is 19.4. The lowest BCUT2D eigenvalue weighted by Crippen LogP contribution is -2.25. The Bertz CT molecular complexity index is 994. The third-order valence-electron chi connectivity index (χ3n) is 4.44. The van der Waals surface area contributed by atoms with Gasteiger partial charge in [0, 0.05) is 22.9 Å². The lowest BCUT2D eigenvalue weighted by atomic mass is 10.1. The molecule has 0 saturated heterocycles. The second kappa shape index (κ2) is 7.57. The molecule has 1 aliphatic rings. The second-order valence-electron chi connectivity index (χ2n) is 6.77. The van der Waals surface area contributed by atoms with E-state index in [1.807, 2.05) is 0 Å². The molecule has 3 aromatic rings. The summed E-state index contributed by atoms with van der Waals surface area (Å²) < 4.78 is 43.0. The van der Waals surface area contributed by atoms with Crippen molar-refractivity contribution in [2.45, 2.75) is 31.6 Å². The van der Waals surface area contributed by atoms with E-state index in [9.17, 15) is 18.0 Å². The number of nitrogens with one attached hydrogen (secondary N) is 2. The zero-order valence-electron chi connectivity index (χ0n) is 15.2. The quantitative estimate of drug-likeness (QED) is 0.644. The molecule has 1 fully saturated rings. The van der Waals surface area contributed by atoms with E-state index in [1.54, 1.807) is 24.3 Å². The minimum absolute atomic E-state index is 0.0860. The highest BCUT2D eigenvalue weighted by Crippen LogP contribution is 2.30. The van der Waals surface area contributed by atoms with E-state index in [1.165, 1.54) is 12.1 Å². The Morgan fingerprint density at radius 1 is 1.07 bits per heavy atom. The summed E-state index contributed by atoms with van der Waals surface area (Å²) in [5.41, 5.74) is 1.05. The first-order chi connectivity index (χ1) is 13.9. The van der Waals surface area contributed by atoms with E-state index in [-0.39, 0.29) is 24.2 Å². The highest BCUT2D eigenvalue weighted by molar-refractivity contribution is 5.94. The third-order valence-corrected chi connectivity index (χ3v) is 4.44. The number of nitrogens with zero attached hydrogens (tertiary/aromatic N) is 2. The van der Waals surface area contributed by atoms with Crippen LogP contribution >= 0.6 is 0 Å². The fourth-order valence-electron chi connectivity index (χ4n) is 2.67. The van der Waals surface area contributed by atoms with Gasteiger partial charge in [-0.05, 0) is 49.2 Å². The van der Waals surface area contributed by atoms with Crippen molar-refractivity contribution in [2.24, 2.45) is 0 Å². The van der Waals surface area contributed by atoms with Gasteiger partial charge in [0.05, 0.1) is 12.1 Å². The van der Waals surface area contributed by atoms with E-state index in [2.05, 4.69) is 20.8 Å². The molecule has 1 amide bonds. The molecule has 9 heteroatoms. The normalized spacial score (nSPS) is 13.9. The Balaban J connectivity index is 1.35. The summed E-state index contributed by atoms with van der Waals surface area (Å²) in [6.07, 6.45) is -2.33. The minimum atomic E-state index is -4.39. The van der Waals surface area contributed by atoms with Crippen LogP contribution in [0, 0.1) is 0 Å². The first-order valence-corrected chi connectivity index (χ1v) is 9.03. The maximum atomic E-state index is 12.6. The number of rotatable bonds is 6. The van der Waals surface area contributed by atoms with E-state index >= 15 is 0 Å². The average molecular weight is 402 g/mol. The molecule has 0 unspecified atom stereocenters. The molecule has 0 atom stereocenters. The smallest absolute Gasteiger partial charge is 0.376 e. The second-order valence-corrected chi connectivity index (χ2v) is 6.77. The Hall–Kier alpha value is -3.36. The average Bonchev–Trinajstić information content (AvgIpc) is 3.39. The van der Waals surface area contributed by atoms with E-state index in [4.69, 9.17) is 4.52 Å². The Labute approximate surface area is 164 Å². The van der Waals surface area contributed by atoms with E-state index in [0.29, 0.717) is 17.2 Å². The fourth-order valence-corrected chi connectivity index (χ4v) is 2.67. The third kappa shape index (κ3) is 4.74. The molecule has 29 heavy (non-hydrogen) atoms. The van der Waals surface area contributed by atoms with Gasteiger partial charge >= 0.3 is 6.18 Å². The summed E-state index contributed by atoms with van der Waals surface area (Å²) in [7, 11) is 0. The highest BCUT2D eigenvalue weighted by Gasteiger charge is 2.30. The van der Waals surface area contributed by atoms with Crippen LogP contribution in [0.4, 0.5) is 18.9 Å². The first kappa shape index (κ1) is 19.0. The number of halogens is 3. The predicted molar refractivity (Wildman–Crippen MR) is 99.0 cm³/mol. The summed E-state index contributed by atoms with van der Waals surface area (Å²) in [5, 5.41) is 9.82. The van der Waals surface area contributed by atoms with Crippen LogP contribution in [0.2, 0.25) is 0 Å². The number of carbonyl (C=O) groups excluding carboxylic acids is 1. The molecule has 0 aliphatic heterocycles. The van der Waals surface area contributed by atoms with E-state index in [0.717, 1.165) is 30.7 Å². The van der Waals surface area contributed by atoms with Crippen LogP contribution in [0.15, 0.2) is 53.1 Å². The summed E-state index contributed by atoms with van der Waals surface area (Å²) >= 11 is 0. The predicted octanol–water partition coefficient (Wildman–Crippen LogP) is 4.26. The Morgan fingerprint density at radius 2 is 1.76 bits per heavy atom. The number of carbonyl (C=O) groups is 1. The fraction of sp³-hybridized carbons (Fsp3) is 0.250. The molecule has 1 saturated carbocycles. The SMILES string of the molecule is O=C(NC1CC1)c1ccc(NCc2nc(-c3ccc(C(F)(F)F)cc3)no2)cc1. The van der Waals surface area contributed by atoms with Gasteiger partial charge in [0.2, 0.25) is 11.7 Å². The maximum Gasteiger partial charge on any atom is 0.416 e. The number of aromatic nitrogens is 2. The van der Waals surface area contributed by atoms with Gasteiger partial charge in [-0.25, -0.2) is 0 Å². The topological polar surface area (TPSA) is 80.0 Å². The minimum Gasteiger partial charge on any atom is -0.376 e. The van der Waals surface area contributed by atoms with Gasteiger partial charge in [0.25, 0.3) is 5.91 Å². The molecule has 1 aromatic heterocycles. The summed E-state index contributed by atoms with van der Waals surface area (Å²) in [6, 6.07) is 11.9. The number of benzene rings is 2. The van der Waals surface area contributed by atoms with Crippen molar-refractivity contribution in [1.29, 1.82) is 0 Å². The number of hydrogen-bond donors (Lipinski definition) is 2. The zero-order valence-corrected chi connectivity index (χ0v) is 15.2. The van der Waals surface area contributed by atoms with Crippen LogP contribution in [0.25, 0.3) is 11.4 Å². The van der Waals surface area contributed by atoms with Crippen molar-refractivity contribution in [1.82, 2.24) is 15.5 Å². The zero-order chi connectivity index (χ0) is 20.4. The van der Waals surface area contributed by atoms with Gasteiger partial charge in [-0.3, -0.25) is 4.79 Å². The molecule has 0 radical (unpaired) electrons.